The van der Waals surface area contributed by atoms with Crippen molar-refractivity contribution >= 4 is 17.0 Å². The van der Waals surface area contributed by atoms with Gasteiger partial charge in [-0.1, -0.05) is 0 Å². The second-order valence-electron chi connectivity index (χ2n) is 8.83. The maximum absolute atomic E-state index is 13.1. The quantitative estimate of drug-likeness (QED) is 0.606. The zero-order valence-corrected chi connectivity index (χ0v) is 18.2. The highest BCUT2D eigenvalue weighted by atomic mass is 19.4. The van der Waals surface area contributed by atoms with E-state index < -0.39 is 12.1 Å². The van der Waals surface area contributed by atoms with E-state index in [4.69, 9.17) is 14.7 Å². The molecule has 0 radical (unpaired) electrons. The first-order chi connectivity index (χ1) is 15.2. The fraction of sp³-hybridized carbons (Fsp3) is 0.545. The van der Waals surface area contributed by atoms with Crippen LogP contribution in [0.4, 0.5) is 19.1 Å². The van der Waals surface area contributed by atoms with Crippen LogP contribution in [0.2, 0.25) is 0 Å². The van der Waals surface area contributed by atoms with E-state index in [2.05, 4.69) is 10.1 Å². The van der Waals surface area contributed by atoms with Crippen molar-refractivity contribution in [1.29, 1.82) is 0 Å². The number of fused-ring (bicyclic) bond motifs is 1. The summed E-state index contributed by atoms with van der Waals surface area (Å²) in [5.74, 6) is -1.01. The largest absolute Gasteiger partial charge is 0.391 e. The van der Waals surface area contributed by atoms with Crippen LogP contribution in [-0.4, -0.2) is 50.6 Å². The molecular weight excluding hydrogens is 421 g/mol. The van der Waals surface area contributed by atoms with E-state index in [1.165, 1.54) is 0 Å². The van der Waals surface area contributed by atoms with Gasteiger partial charge >= 0.3 is 6.18 Å². The number of morpholine rings is 1. The minimum Gasteiger partial charge on any atom is -0.370 e. The Morgan fingerprint density at radius 3 is 2.59 bits per heavy atom. The molecule has 3 aromatic heterocycles. The number of nitrogens with zero attached hydrogens (tertiary/aromatic N) is 6. The first-order valence-electron chi connectivity index (χ1n) is 10.8. The highest BCUT2D eigenvalue weighted by Gasteiger charge is 2.49. The first kappa shape index (κ1) is 21.1. The molecule has 1 saturated heterocycles. The average molecular weight is 446 g/mol. The van der Waals surface area contributed by atoms with Crippen LogP contribution < -0.4 is 4.90 Å². The normalized spacial score (nSPS) is 24.1. The minimum atomic E-state index is -4.16. The van der Waals surface area contributed by atoms with Gasteiger partial charge in [-0.3, -0.25) is 4.68 Å². The summed E-state index contributed by atoms with van der Waals surface area (Å²) in [5.41, 5.74) is 4.00. The fourth-order valence-corrected chi connectivity index (χ4v) is 4.45. The second kappa shape index (κ2) is 7.68. The standard InChI is InChI=1S/C22H25F3N6O/c1-12-6-17-19(14-7-16(8-14)22(23,24)25)28-21(29-20(17)27-13(12)2)31-4-5-32-18(11-31)15-9-26-30(3)10-15/h6,9-10,14,16,18H,4-5,7-8,11H2,1-3H3/t14-,16+,18-/m1/s1. The van der Waals surface area contributed by atoms with Crippen LogP contribution in [0.15, 0.2) is 18.5 Å². The van der Waals surface area contributed by atoms with Gasteiger partial charge in [-0.2, -0.15) is 23.3 Å². The summed E-state index contributed by atoms with van der Waals surface area (Å²) in [6.45, 7) is 5.49. The SMILES string of the molecule is Cc1cc2c(nc(N3CCO[C@@H](c4cnn(C)c4)C3)nc2[C@H]2C[C@@H](C(F)(F)F)C2)nc1C. The predicted octanol–water partition coefficient (Wildman–Crippen LogP) is 4.01. The van der Waals surface area contributed by atoms with E-state index in [-0.39, 0.29) is 24.9 Å². The molecule has 32 heavy (non-hydrogen) atoms. The zero-order valence-electron chi connectivity index (χ0n) is 18.2. The molecule has 5 rings (SSSR count). The van der Waals surface area contributed by atoms with Crippen LogP contribution in [0, 0.1) is 19.8 Å². The van der Waals surface area contributed by atoms with E-state index in [1.54, 1.807) is 10.9 Å². The summed E-state index contributed by atoms with van der Waals surface area (Å²) >= 11 is 0. The second-order valence-corrected chi connectivity index (χ2v) is 8.83. The molecule has 1 atom stereocenters. The van der Waals surface area contributed by atoms with Crippen molar-refractivity contribution in [3.63, 3.8) is 0 Å². The molecule has 0 N–H and O–H groups in total. The summed E-state index contributed by atoms with van der Waals surface area (Å²) < 4.78 is 47.0. The van der Waals surface area contributed by atoms with E-state index >= 15 is 0 Å². The van der Waals surface area contributed by atoms with Crippen molar-refractivity contribution in [3.8, 4) is 0 Å². The molecule has 0 spiro atoms. The van der Waals surface area contributed by atoms with Gasteiger partial charge in [-0.25, -0.2) is 9.97 Å². The lowest BCUT2D eigenvalue weighted by molar-refractivity contribution is -0.197. The van der Waals surface area contributed by atoms with Crippen molar-refractivity contribution in [1.82, 2.24) is 24.7 Å². The maximum atomic E-state index is 13.1. The van der Waals surface area contributed by atoms with Gasteiger partial charge in [0.2, 0.25) is 5.95 Å². The molecule has 4 heterocycles. The van der Waals surface area contributed by atoms with E-state index in [0.29, 0.717) is 37.0 Å². The van der Waals surface area contributed by atoms with Gasteiger partial charge in [-0.15, -0.1) is 0 Å². The van der Waals surface area contributed by atoms with Gasteiger partial charge in [0.25, 0.3) is 0 Å². The molecule has 0 aromatic carbocycles. The third-order valence-electron chi connectivity index (χ3n) is 6.58. The van der Waals surface area contributed by atoms with Gasteiger partial charge in [0.1, 0.15) is 6.10 Å². The summed E-state index contributed by atoms with van der Waals surface area (Å²) in [6.07, 6.45) is -0.521. The Hall–Kier alpha value is -2.75. The Bertz CT molecular complexity index is 1150. The molecule has 7 nitrogen and oxygen atoms in total. The maximum Gasteiger partial charge on any atom is 0.391 e. The van der Waals surface area contributed by atoms with Crippen LogP contribution in [-0.2, 0) is 11.8 Å². The highest BCUT2D eigenvalue weighted by molar-refractivity contribution is 5.80. The van der Waals surface area contributed by atoms with E-state index in [0.717, 1.165) is 22.2 Å². The van der Waals surface area contributed by atoms with Gasteiger partial charge in [0.05, 0.1) is 31.0 Å². The van der Waals surface area contributed by atoms with Crippen LogP contribution in [0.1, 0.15) is 47.4 Å². The molecule has 2 aliphatic rings. The van der Waals surface area contributed by atoms with Crippen LogP contribution in [0.3, 0.4) is 0 Å². The number of pyridine rings is 1. The van der Waals surface area contributed by atoms with Gasteiger partial charge in [0, 0.05) is 42.4 Å². The van der Waals surface area contributed by atoms with Gasteiger partial charge in [0.15, 0.2) is 5.65 Å². The summed E-state index contributed by atoms with van der Waals surface area (Å²) in [7, 11) is 1.85. The Balaban J connectivity index is 1.50. The van der Waals surface area contributed by atoms with Crippen molar-refractivity contribution in [2.75, 3.05) is 24.6 Å². The number of rotatable bonds is 3. The zero-order chi connectivity index (χ0) is 22.6. The van der Waals surface area contributed by atoms with E-state index in [9.17, 15) is 13.2 Å². The average Bonchev–Trinajstić information content (AvgIpc) is 3.13. The number of aromatic nitrogens is 5. The molecule has 2 fully saturated rings. The molecule has 3 aromatic rings. The number of hydrogen-bond donors (Lipinski definition) is 0. The minimum absolute atomic E-state index is 0.0589. The number of alkyl halides is 3. The molecule has 1 aliphatic carbocycles. The van der Waals surface area contributed by atoms with Gasteiger partial charge < -0.3 is 9.64 Å². The molecule has 0 amide bonds. The topological polar surface area (TPSA) is 69.0 Å². The Morgan fingerprint density at radius 1 is 1.12 bits per heavy atom. The van der Waals surface area contributed by atoms with Crippen LogP contribution >= 0.6 is 0 Å². The molecule has 1 saturated carbocycles. The van der Waals surface area contributed by atoms with Crippen molar-refractivity contribution < 1.29 is 17.9 Å². The monoisotopic (exact) mass is 446 g/mol. The van der Waals surface area contributed by atoms with Crippen molar-refractivity contribution in [2.24, 2.45) is 13.0 Å². The fourth-order valence-electron chi connectivity index (χ4n) is 4.45. The number of anilines is 1. The van der Waals surface area contributed by atoms with Crippen LogP contribution in [0.25, 0.3) is 11.0 Å². The van der Waals surface area contributed by atoms with Crippen molar-refractivity contribution in [3.05, 3.63) is 41.0 Å². The Morgan fingerprint density at radius 2 is 1.91 bits per heavy atom. The highest BCUT2D eigenvalue weighted by Crippen LogP contribution is 2.50. The number of aryl methyl sites for hydroxylation is 3. The molecular formula is C22H25F3N6O. The lowest BCUT2D eigenvalue weighted by atomic mass is 9.72. The summed E-state index contributed by atoms with van der Waals surface area (Å²) in [5, 5.41) is 4.97. The molecule has 10 heteroatoms. The third-order valence-corrected chi connectivity index (χ3v) is 6.58. The third kappa shape index (κ3) is 3.80. The van der Waals surface area contributed by atoms with Gasteiger partial charge in [-0.05, 0) is 38.3 Å². The number of halogens is 3. The van der Waals surface area contributed by atoms with Crippen molar-refractivity contribution in [2.45, 2.75) is 44.9 Å². The molecule has 0 unspecified atom stereocenters. The van der Waals surface area contributed by atoms with Crippen LogP contribution in [0.5, 0.6) is 0 Å². The Labute approximate surface area is 183 Å². The lowest BCUT2D eigenvalue weighted by Gasteiger charge is -2.37. The molecule has 170 valence electrons. The predicted molar refractivity (Wildman–Crippen MR) is 112 cm³/mol. The number of hydrogen-bond acceptors (Lipinski definition) is 6. The van der Waals surface area contributed by atoms with E-state index in [1.807, 2.05) is 38.1 Å². The molecule has 0 bridgehead atoms. The Kier molecular flexibility index (Phi) is 5.07. The lowest BCUT2D eigenvalue weighted by Crippen LogP contribution is -2.40. The molecule has 1 aliphatic heterocycles. The first-order valence-corrected chi connectivity index (χ1v) is 10.8. The number of ether oxygens (including phenoxy) is 1. The smallest absolute Gasteiger partial charge is 0.370 e. The summed E-state index contributed by atoms with van der Waals surface area (Å²) in [6, 6.07) is 1.95. The summed E-state index contributed by atoms with van der Waals surface area (Å²) in [4.78, 5) is 16.2.